The van der Waals surface area contributed by atoms with Crippen molar-refractivity contribution in [3.63, 3.8) is 0 Å². The number of ether oxygens (including phenoxy) is 1. The van der Waals surface area contributed by atoms with E-state index in [1.165, 1.54) is 41.6 Å². The van der Waals surface area contributed by atoms with Gasteiger partial charge in [-0.3, -0.25) is 9.36 Å². The van der Waals surface area contributed by atoms with Gasteiger partial charge < -0.3 is 9.15 Å². The molecule has 8 nitrogen and oxygen atoms in total. The van der Waals surface area contributed by atoms with E-state index in [9.17, 15) is 13.2 Å². The van der Waals surface area contributed by atoms with Crippen LogP contribution in [0.2, 0.25) is 5.02 Å². The zero-order valence-electron chi connectivity index (χ0n) is 17.6. The van der Waals surface area contributed by atoms with Crippen LogP contribution in [0.25, 0.3) is 16.6 Å². The van der Waals surface area contributed by atoms with Crippen molar-refractivity contribution in [2.24, 2.45) is 0 Å². The van der Waals surface area contributed by atoms with Crippen LogP contribution in [-0.4, -0.2) is 25.1 Å². The van der Waals surface area contributed by atoms with Crippen molar-refractivity contribution < 1.29 is 17.6 Å². The molecule has 2 aromatic carbocycles. The van der Waals surface area contributed by atoms with E-state index in [1.807, 2.05) is 6.07 Å². The molecule has 170 valence electrons. The first kappa shape index (κ1) is 21.5. The van der Waals surface area contributed by atoms with E-state index in [1.54, 1.807) is 25.3 Å². The third-order valence-electron chi connectivity index (χ3n) is 5.91. The van der Waals surface area contributed by atoms with Gasteiger partial charge in [0.2, 0.25) is 0 Å². The van der Waals surface area contributed by atoms with Crippen molar-refractivity contribution in [3.05, 3.63) is 75.9 Å². The number of oxazole rings is 1. The first-order valence-corrected chi connectivity index (χ1v) is 12.2. The third kappa shape index (κ3) is 3.87. The Kier molecular flexibility index (Phi) is 5.38. The van der Waals surface area contributed by atoms with Gasteiger partial charge in [-0.05, 0) is 60.7 Å². The molecular formula is C23H20ClN3O5S. The largest absolute Gasteiger partial charge is 0.495 e. The Balaban J connectivity index is 1.63. The minimum Gasteiger partial charge on any atom is -0.495 e. The first-order chi connectivity index (χ1) is 15.9. The molecule has 0 bridgehead atoms. The van der Waals surface area contributed by atoms with Crippen LogP contribution < -0.4 is 15.0 Å². The summed E-state index contributed by atoms with van der Waals surface area (Å²) in [4.78, 5) is 16.7. The molecule has 1 aliphatic rings. The number of hydrogen-bond acceptors (Lipinski definition) is 6. The van der Waals surface area contributed by atoms with E-state index in [0.29, 0.717) is 33.3 Å². The number of hydrogen-bond donors (Lipinski definition) is 1. The standard InChI is InChI=1S/C23H20ClN3O5S/c1-31-21-12-17(14-3-2-4-14)18(24)13-20(21)27-19-7-6-16(11-15(19)5-8-22(27)28)33(29,30)26-23-25-9-10-32-23/h5-14H,2-4H2,1H3,(H,25,26). The predicted octanol–water partition coefficient (Wildman–Crippen LogP) is 4.71. The molecule has 1 aliphatic carbocycles. The number of methoxy groups -OCH3 is 1. The topological polar surface area (TPSA) is 103 Å². The van der Waals surface area contributed by atoms with Gasteiger partial charge in [-0.15, -0.1) is 0 Å². The van der Waals surface area contributed by atoms with Crippen LogP contribution in [0.4, 0.5) is 6.01 Å². The lowest BCUT2D eigenvalue weighted by molar-refractivity contribution is 0.401. The average molecular weight is 486 g/mol. The lowest BCUT2D eigenvalue weighted by Gasteiger charge is -2.27. The van der Waals surface area contributed by atoms with Crippen LogP contribution in [-0.2, 0) is 10.0 Å². The number of aromatic nitrogens is 2. The van der Waals surface area contributed by atoms with Gasteiger partial charge in [-0.2, -0.15) is 0 Å². The summed E-state index contributed by atoms with van der Waals surface area (Å²) in [6.07, 6.45) is 5.94. The fraction of sp³-hybridized carbons (Fsp3) is 0.217. The molecule has 5 rings (SSSR count). The number of fused-ring (bicyclic) bond motifs is 1. The second-order valence-corrected chi connectivity index (χ2v) is 9.93. The molecule has 0 atom stereocenters. The van der Waals surface area contributed by atoms with Crippen LogP contribution in [0.15, 0.2) is 69.0 Å². The maximum Gasteiger partial charge on any atom is 0.308 e. The van der Waals surface area contributed by atoms with Crippen LogP contribution >= 0.6 is 11.6 Å². The van der Waals surface area contributed by atoms with Gasteiger partial charge in [0, 0.05) is 16.5 Å². The molecule has 10 heteroatoms. The Bertz CT molecular complexity index is 1510. The molecular weight excluding hydrogens is 466 g/mol. The number of anilines is 1. The van der Waals surface area contributed by atoms with Gasteiger partial charge in [0.05, 0.1) is 29.4 Å². The van der Waals surface area contributed by atoms with Crippen LogP contribution in [0, 0.1) is 0 Å². The Labute approximate surface area is 194 Å². The van der Waals surface area contributed by atoms with Gasteiger partial charge in [-0.25, -0.2) is 18.1 Å². The highest BCUT2D eigenvalue weighted by atomic mass is 35.5. The Morgan fingerprint density at radius 3 is 2.67 bits per heavy atom. The van der Waals surface area contributed by atoms with Crippen molar-refractivity contribution in [1.82, 2.24) is 9.55 Å². The maximum absolute atomic E-state index is 12.9. The van der Waals surface area contributed by atoms with Crippen LogP contribution in [0.3, 0.4) is 0 Å². The van der Waals surface area contributed by atoms with Crippen molar-refractivity contribution in [3.8, 4) is 11.4 Å². The molecule has 1 saturated carbocycles. The molecule has 0 aliphatic heterocycles. The zero-order valence-corrected chi connectivity index (χ0v) is 19.2. The molecule has 0 amide bonds. The SMILES string of the molecule is COc1cc(C2CCC2)c(Cl)cc1-n1c(=O)ccc2cc(S(=O)(=O)Nc3ncco3)ccc21. The molecule has 0 unspecified atom stereocenters. The summed E-state index contributed by atoms with van der Waals surface area (Å²) in [5.74, 6) is 0.923. The fourth-order valence-electron chi connectivity index (χ4n) is 4.02. The number of nitrogens with zero attached hydrogens (tertiary/aromatic N) is 2. The number of rotatable bonds is 6. The minimum absolute atomic E-state index is 0.00345. The second-order valence-electron chi connectivity index (χ2n) is 7.84. The Morgan fingerprint density at radius 1 is 1.18 bits per heavy atom. The molecule has 1 fully saturated rings. The summed E-state index contributed by atoms with van der Waals surface area (Å²) in [5.41, 5.74) is 1.74. The van der Waals surface area contributed by atoms with Gasteiger partial charge >= 0.3 is 6.01 Å². The number of benzene rings is 2. The molecule has 0 radical (unpaired) electrons. The number of nitrogens with one attached hydrogen (secondary N) is 1. The Hall–Kier alpha value is -3.30. The smallest absolute Gasteiger partial charge is 0.308 e. The number of sulfonamides is 1. The van der Waals surface area contributed by atoms with E-state index in [-0.39, 0.29) is 16.5 Å². The van der Waals surface area contributed by atoms with Crippen LogP contribution in [0.1, 0.15) is 30.7 Å². The fourth-order valence-corrected chi connectivity index (χ4v) is 5.31. The molecule has 1 N–H and O–H groups in total. The van der Waals surface area contributed by atoms with E-state index in [4.69, 9.17) is 20.8 Å². The summed E-state index contributed by atoms with van der Waals surface area (Å²) in [5, 5.41) is 1.12. The highest BCUT2D eigenvalue weighted by molar-refractivity contribution is 7.92. The maximum atomic E-state index is 12.9. The summed E-state index contributed by atoms with van der Waals surface area (Å²) in [7, 11) is -2.38. The van der Waals surface area contributed by atoms with Crippen molar-refractivity contribution in [1.29, 1.82) is 0 Å². The van der Waals surface area contributed by atoms with E-state index >= 15 is 0 Å². The van der Waals surface area contributed by atoms with Gasteiger partial charge in [0.15, 0.2) is 0 Å². The van der Waals surface area contributed by atoms with Gasteiger partial charge in [-0.1, -0.05) is 18.0 Å². The highest BCUT2D eigenvalue weighted by Crippen LogP contribution is 2.43. The average Bonchev–Trinajstić information content (AvgIpc) is 3.25. The zero-order chi connectivity index (χ0) is 23.2. The van der Waals surface area contributed by atoms with Crippen molar-refractivity contribution in [2.45, 2.75) is 30.1 Å². The highest BCUT2D eigenvalue weighted by Gasteiger charge is 2.25. The summed E-state index contributed by atoms with van der Waals surface area (Å²) >= 11 is 6.60. The third-order valence-corrected chi connectivity index (χ3v) is 7.56. The summed E-state index contributed by atoms with van der Waals surface area (Å²) < 4.78 is 39.8. The number of halogens is 1. The van der Waals surface area contributed by atoms with Gasteiger partial charge in [0.25, 0.3) is 15.6 Å². The molecule has 0 saturated heterocycles. The molecule has 4 aromatic rings. The summed E-state index contributed by atoms with van der Waals surface area (Å²) in [6.45, 7) is 0. The van der Waals surface area contributed by atoms with E-state index in [0.717, 1.165) is 18.4 Å². The molecule has 33 heavy (non-hydrogen) atoms. The normalized spacial score (nSPS) is 14.2. The van der Waals surface area contributed by atoms with E-state index in [2.05, 4.69) is 9.71 Å². The predicted molar refractivity (Wildman–Crippen MR) is 125 cm³/mol. The quantitative estimate of drug-likeness (QED) is 0.424. The van der Waals surface area contributed by atoms with Gasteiger partial charge in [0.1, 0.15) is 12.0 Å². The summed E-state index contributed by atoms with van der Waals surface area (Å²) in [6, 6.07) is 10.9. The van der Waals surface area contributed by atoms with Crippen molar-refractivity contribution >= 4 is 38.5 Å². The molecule has 2 aromatic heterocycles. The lowest BCUT2D eigenvalue weighted by Crippen LogP contribution is -2.19. The minimum atomic E-state index is -3.93. The first-order valence-electron chi connectivity index (χ1n) is 10.3. The van der Waals surface area contributed by atoms with Crippen LogP contribution in [0.5, 0.6) is 5.75 Å². The number of pyridine rings is 1. The lowest BCUT2D eigenvalue weighted by atomic mass is 9.80. The monoisotopic (exact) mass is 485 g/mol. The molecule has 0 spiro atoms. The second kappa shape index (κ2) is 8.24. The molecule has 2 heterocycles. The van der Waals surface area contributed by atoms with Crippen molar-refractivity contribution in [2.75, 3.05) is 11.8 Å². The Morgan fingerprint density at radius 2 is 2.00 bits per heavy atom. The van der Waals surface area contributed by atoms with E-state index < -0.39 is 10.0 Å².